The number of hydrogen-bond acceptors (Lipinski definition) is 3. The van der Waals surface area contributed by atoms with Crippen LogP contribution in [-0.2, 0) is 4.79 Å². The number of amides is 1. The SMILES string of the molecule is CC(=O)Nc1cccc(C(=O)C=Cc2cnn(-c3ccccc3)c2)c1. The normalized spacial score (nSPS) is 10.8. The highest BCUT2D eigenvalue weighted by Crippen LogP contribution is 2.13. The number of ketones is 1. The van der Waals surface area contributed by atoms with Crippen LogP contribution in [0.5, 0.6) is 0 Å². The van der Waals surface area contributed by atoms with Crippen molar-refractivity contribution in [3.8, 4) is 5.69 Å². The number of allylic oxidation sites excluding steroid dienone is 1. The molecule has 0 aliphatic rings. The lowest BCUT2D eigenvalue weighted by molar-refractivity contribution is -0.114. The first-order valence-electron chi connectivity index (χ1n) is 7.82. The zero-order valence-corrected chi connectivity index (χ0v) is 13.7. The molecule has 0 fully saturated rings. The van der Waals surface area contributed by atoms with Crippen LogP contribution in [0.15, 0.2) is 73.1 Å². The van der Waals surface area contributed by atoms with E-state index >= 15 is 0 Å². The molecule has 0 bridgehead atoms. The maximum Gasteiger partial charge on any atom is 0.221 e. The summed E-state index contributed by atoms with van der Waals surface area (Å²) in [6, 6.07) is 16.6. The molecule has 0 aliphatic heterocycles. The minimum Gasteiger partial charge on any atom is -0.326 e. The second kappa shape index (κ2) is 7.40. The van der Waals surface area contributed by atoms with Crippen LogP contribution in [0.25, 0.3) is 11.8 Å². The Morgan fingerprint density at radius 1 is 1.08 bits per heavy atom. The van der Waals surface area contributed by atoms with Crippen molar-refractivity contribution >= 4 is 23.5 Å². The third-order valence-electron chi connectivity index (χ3n) is 3.52. The number of aromatic nitrogens is 2. The summed E-state index contributed by atoms with van der Waals surface area (Å²) in [5.41, 5.74) is 2.90. The molecule has 1 N–H and O–H groups in total. The average Bonchev–Trinajstić information content (AvgIpc) is 3.09. The molecule has 3 aromatic rings. The number of para-hydroxylation sites is 1. The van der Waals surface area contributed by atoms with Gasteiger partial charge in [-0.25, -0.2) is 4.68 Å². The minimum atomic E-state index is -0.173. The van der Waals surface area contributed by atoms with Gasteiger partial charge in [-0.2, -0.15) is 5.10 Å². The van der Waals surface area contributed by atoms with Crippen molar-refractivity contribution in [2.24, 2.45) is 0 Å². The molecule has 0 unspecified atom stereocenters. The number of anilines is 1. The molecule has 0 atom stereocenters. The van der Waals surface area contributed by atoms with Crippen molar-refractivity contribution in [2.75, 3.05) is 5.32 Å². The van der Waals surface area contributed by atoms with E-state index in [0.717, 1.165) is 11.3 Å². The number of carbonyl (C=O) groups is 2. The molecule has 2 aromatic carbocycles. The monoisotopic (exact) mass is 331 g/mol. The summed E-state index contributed by atoms with van der Waals surface area (Å²) in [7, 11) is 0. The lowest BCUT2D eigenvalue weighted by Gasteiger charge is -2.03. The Kier molecular flexibility index (Phi) is 4.85. The highest BCUT2D eigenvalue weighted by Gasteiger charge is 2.04. The van der Waals surface area contributed by atoms with Gasteiger partial charge in [0.25, 0.3) is 0 Å². The van der Waals surface area contributed by atoms with Crippen LogP contribution < -0.4 is 5.32 Å². The predicted octanol–water partition coefficient (Wildman–Crippen LogP) is 3.73. The Morgan fingerprint density at radius 2 is 1.88 bits per heavy atom. The van der Waals surface area contributed by atoms with Crippen LogP contribution in [0.2, 0.25) is 0 Å². The van der Waals surface area contributed by atoms with Gasteiger partial charge in [0.05, 0.1) is 11.9 Å². The highest BCUT2D eigenvalue weighted by molar-refractivity contribution is 6.07. The van der Waals surface area contributed by atoms with Crippen molar-refractivity contribution in [2.45, 2.75) is 6.92 Å². The standard InChI is InChI=1S/C20H17N3O2/c1-15(24)22-18-7-5-6-17(12-18)20(25)11-10-16-13-21-23(14-16)19-8-3-2-4-9-19/h2-14H,1H3,(H,22,24). The van der Waals surface area contributed by atoms with Gasteiger partial charge in [0, 0.05) is 29.9 Å². The molecule has 1 heterocycles. The first-order valence-corrected chi connectivity index (χ1v) is 7.82. The van der Waals surface area contributed by atoms with Crippen LogP contribution in [0.1, 0.15) is 22.8 Å². The van der Waals surface area contributed by atoms with Gasteiger partial charge in [-0.05, 0) is 36.4 Å². The van der Waals surface area contributed by atoms with Crippen LogP contribution in [0.3, 0.4) is 0 Å². The molecule has 0 aliphatic carbocycles. The third-order valence-corrected chi connectivity index (χ3v) is 3.52. The summed E-state index contributed by atoms with van der Waals surface area (Å²) in [6.45, 7) is 1.43. The minimum absolute atomic E-state index is 0.139. The van der Waals surface area contributed by atoms with Crippen LogP contribution >= 0.6 is 0 Å². The first kappa shape index (κ1) is 16.4. The smallest absolute Gasteiger partial charge is 0.221 e. The quantitative estimate of drug-likeness (QED) is 0.572. The Bertz CT molecular complexity index is 927. The van der Waals surface area contributed by atoms with Gasteiger partial charge in [-0.3, -0.25) is 9.59 Å². The van der Waals surface area contributed by atoms with E-state index < -0.39 is 0 Å². The van der Waals surface area contributed by atoms with Crippen molar-refractivity contribution < 1.29 is 9.59 Å². The Hall–Kier alpha value is -3.47. The van der Waals surface area contributed by atoms with E-state index in [-0.39, 0.29) is 11.7 Å². The molecule has 25 heavy (non-hydrogen) atoms. The first-order chi connectivity index (χ1) is 12.1. The van der Waals surface area contributed by atoms with Crippen molar-refractivity contribution in [1.82, 2.24) is 9.78 Å². The molecule has 1 aromatic heterocycles. The highest BCUT2D eigenvalue weighted by atomic mass is 16.1. The van der Waals surface area contributed by atoms with Crippen LogP contribution in [0, 0.1) is 0 Å². The van der Waals surface area contributed by atoms with E-state index in [9.17, 15) is 9.59 Å². The molecular formula is C20H17N3O2. The molecule has 124 valence electrons. The summed E-state index contributed by atoms with van der Waals surface area (Å²) in [5, 5.41) is 6.96. The molecule has 1 amide bonds. The summed E-state index contributed by atoms with van der Waals surface area (Å²) in [5.74, 6) is -0.312. The van der Waals surface area contributed by atoms with Crippen LogP contribution in [-0.4, -0.2) is 21.5 Å². The second-order valence-electron chi connectivity index (χ2n) is 5.51. The Morgan fingerprint density at radius 3 is 2.64 bits per heavy atom. The average molecular weight is 331 g/mol. The van der Waals surface area contributed by atoms with Gasteiger partial charge in [0.1, 0.15) is 0 Å². The fraction of sp³-hybridized carbons (Fsp3) is 0.0500. The summed E-state index contributed by atoms with van der Waals surface area (Å²) in [6.07, 6.45) is 6.77. The molecular weight excluding hydrogens is 314 g/mol. The molecule has 0 saturated carbocycles. The maximum absolute atomic E-state index is 12.3. The van der Waals surface area contributed by atoms with Gasteiger partial charge < -0.3 is 5.32 Å². The molecule has 0 spiro atoms. The number of hydrogen-bond donors (Lipinski definition) is 1. The summed E-state index contributed by atoms with van der Waals surface area (Å²) >= 11 is 0. The maximum atomic E-state index is 12.3. The van der Waals surface area contributed by atoms with Gasteiger partial charge in [0.2, 0.25) is 5.91 Å². The van der Waals surface area contributed by atoms with Crippen molar-refractivity contribution in [3.63, 3.8) is 0 Å². The third kappa shape index (κ3) is 4.29. The van der Waals surface area contributed by atoms with E-state index in [1.165, 1.54) is 13.0 Å². The Balaban J connectivity index is 1.73. The molecule has 3 rings (SSSR count). The van der Waals surface area contributed by atoms with E-state index in [4.69, 9.17) is 0 Å². The van der Waals surface area contributed by atoms with Gasteiger partial charge in [-0.15, -0.1) is 0 Å². The van der Waals surface area contributed by atoms with Crippen molar-refractivity contribution in [3.05, 3.63) is 84.2 Å². The number of benzene rings is 2. The van der Waals surface area contributed by atoms with Gasteiger partial charge >= 0.3 is 0 Å². The molecule has 5 nitrogen and oxygen atoms in total. The fourth-order valence-corrected chi connectivity index (χ4v) is 2.37. The molecule has 5 heteroatoms. The van der Waals surface area contributed by atoms with Gasteiger partial charge in [-0.1, -0.05) is 30.3 Å². The van der Waals surface area contributed by atoms with Crippen molar-refractivity contribution in [1.29, 1.82) is 0 Å². The number of nitrogens with zero attached hydrogens (tertiary/aromatic N) is 2. The molecule has 0 radical (unpaired) electrons. The zero-order chi connectivity index (χ0) is 17.6. The number of rotatable bonds is 5. The Labute approximate surface area is 145 Å². The van der Waals surface area contributed by atoms with E-state index in [1.54, 1.807) is 41.2 Å². The number of carbonyl (C=O) groups excluding carboxylic acids is 2. The second-order valence-corrected chi connectivity index (χ2v) is 5.51. The zero-order valence-electron chi connectivity index (χ0n) is 13.7. The van der Waals surface area contributed by atoms with Gasteiger partial charge in [0.15, 0.2) is 5.78 Å². The number of nitrogens with one attached hydrogen (secondary N) is 1. The van der Waals surface area contributed by atoms with E-state index in [0.29, 0.717) is 11.3 Å². The fourth-order valence-electron chi connectivity index (χ4n) is 2.37. The largest absolute Gasteiger partial charge is 0.326 e. The lowest BCUT2D eigenvalue weighted by Crippen LogP contribution is -2.06. The van der Waals surface area contributed by atoms with Crippen LogP contribution in [0.4, 0.5) is 5.69 Å². The topological polar surface area (TPSA) is 64.0 Å². The van der Waals surface area contributed by atoms with E-state index in [2.05, 4.69) is 10.4 Å². The predicted molar refractivity (Wildman–Crippen MR) is 97.7 cm³/mol. The summed E-state index contributed by atoms with van der Waals surface area (Å²) < 4.78 is 1.75. The van der Waals surface area contributed by atoms with E-state index in [1.807, 2.05) is 36.5 Å². The molecule has 0 saturated heterocycles. The summed E-state index contributed by atoms with van der Waals surface area (Å²) in [4.78, 5) is 23.4. The lowest BCUT2D eigenvalue weighted by atomic mass is 10.1.